The van der Waals surface area contributed by atoms with Gasteiger partial charge in [-0.05, 0) is 50.1 Å². The maximum absolute atomic E-state index is 15.0. The fourth-order valence-corrected chi connectivity index (χ4v) is 7.94. The summed E-state index contributed by atoms with van der Waals surface area (Å²) in [6.07, 6.45) is 4.25. The van der Waals surface area contributed by atoms with Gasteiger partial charge in [0.15, 0.2) is 11.6 Å². The molecule has 0 saturated carbocycles. The third-order valence-electron chi connectivity index (χ3n) is 10.5. The quantitative estimate of drug-likeness (QED) is 0.165. The van der Waals surface area contributed by atoms with E-state index in [1.165, 1.54) is 18.2 Å². The van der Waals surface area contributed by atoms with Crippen molar-refractivity contribution in [3.8, 4) is 29.9 Å². The van der Waals surface area contributed by atoms with Crippen LogP contribution in [0, 0.1) is 18.2 Å². The summed E-state index contributed by atoms with van der Waals surface area (Å²) >= 11 is 0. The van der Waals surface area contributed by atoms with Crippen molar-refractivity contribution in [2.45, 2.75) is 62.6 Å². The van der Waals surface area contributed by atoms with Crippen LogP contribution in [0.2, 0.25) is 0 Å². The highest BCUT2D eigenvalue weighted by Gasteiger charge is 2.44. The van der Waals surface area contributed by atoms with Crippen molar-refractivity contribution in [1.29, 1.82) is 0 Å². The molecule has 11 nitrogen and oxygen atoms in total. The average Bonchev–Trinajstić information content (AvgIpc) is 3.75. The molecule has 54 heavy (non-hydrogen) atoms. The van der Waals surface area contributed by atoms with E-state index in [0.717, 1.165) is 25.1 Å². The molecule has 286 valence electrons. The van der Waals surface area contributed by atoms with E-state index in [9.17, 15) is 22.4 Å². The molecule has 1 aromatic carbocycles. The molecule has 2 aromatic heterocycles. The van der Waals surface area contributed by atoms with Crippen LogP contribution in [-0.2, 0) is 17.4 Å². The van der Waals surface area contributed by atoms with Crippen molar-refractivity contribution in [2.75, 3.05) is 67.7 Å². The average molecular weight is 754 g/mol. The Bertz CT molecular complexity index is 1960. The van der Waals surface area contributed by atoms with Crippen LogP contribution in [0.4, 0.5) is 39.1 Å². The number of anilines is 3. The lowest BCUT2D eigenvalue weighted by atomic mass is 9.99. The highest BCUT2D eigenvalue weighted by molar-refractivity contribution is 5.87. The number of benzene rings is 1. The number of carbonyl (C=O) groups is 1. The summed E-state index contributed by atoms with van der Waals surface area (Å²) in [5.74, 6) is 3.08. The van der Waals surface area contributed by atoms with Gasteiger partial charge in [-0.2, -0.15) is 23.1 Å². The number of nitrogens with zero attached hydrogens (tertiary/aromatic N) is 7. The number of rotatable bonds is 9. The van der Waals surface area contributed by atoms with Crippen LogP contribution in [0.1, 0.15) is 43.1 Å². The molecule has 1 amide bonds. The zero-order chi connectivity index (χ0) is 38.4. The van der Waals surface area contributed by atoms with Crippen molar-refractivity contribution in [1.82, 2.24) is 19.9 Å². The molecule has 3 aromatic rings. The number of alkyl halides is 4. The van der Waals surface area contributed by atoms with Gasteiger partial charge in [0.2, 0.25) is 5.91 Å². The molecule has 0 bridgehead atoms. The van der Waals surface area contributed by atoms with Gasteiger partial charge in [-0.25, -0.2) is 13.8 Å². The van der Waals surface area contributed by atoms with Gasteiger partial charge in [-0.1, -0.05) is 12.5 Å². The molecule has 0 N–H and O–H groups in total. The Balaban J connectivity index is 1.19. The lowest BCUT2D eigenvalue weighted by Crippen LogP contribution is -2.48. The predicted octanol–water partition coefficient (Wildman–Crippen LogP) is 5.21. The molecule has 16 heteroatoms. The Morgan fingerprint density at radius 2 is 2.04 bits per heavy atom. The highest BCUT2D eigenvalue weighted by atomic mass is 19.4. The van der Waals surface area contributed by atoms with Crippen molar-refractivity contribution in [3.05, 3.63) is 65.9 Å². The maximum Gasteiger partial charge on any atom is 0.433 e. The molecule has 6 heterocycles. The number of ether oxygens (including phenoxy) is 3. The van der Waals surface area contributed by atoms with Crippen molar-refractivity contribution >= 4 is 23.1 Å². The Hall–Kier alpha value is -5.33. The summed E-state index contributed by atoms with van der Waals surface area (Å²) < 4.78 is 88.1. The van der Waals surface area contributed by atoms with E-state index in [1.54, 1.807) is 22.8 Å². The minimum atomic E-state index is -4.61. The number of terminal acetylenes is 1. The number of aromatic nitrogens is 3. The molecule has 0 aliphatic carbocycles. The van der Waals surface area contributed by atoms with Crippen LogP contribution in [0.5, 0.6) is 17.5 Å². The fraction of sp³-hybridized carbons (Fsp3) is 0.474. The molecule has 2 fully saturated rings. The molecule has 0 unspecified atom stereocenters. The zero-order valence-corrected chi connectivity index (χ0v) is 29.9. The van der Waals surface area contributed by atoms with Crippen LogP contribution in [0.25, 0.3) is 0 Å². The van der Waals surface area contributed by atoms with Crippen molar-refractivity contribution < 1.29 is 41.0 Å². The fourth-order valence-electron chi connectivity index (χ4n) is 7.94. The summed E-state index contributed by atoms with van der Waals surface area (Å²) in [5.41, 5.74) is -0.655. The third kappa shape index (κ3) is 7.03. The van der Waals surface area contributed by atoms with E-state index in [0.29, 0.717) is 67.0 Å². The molecule has 4 aliphatic heterocycles. The van der Waals surface area contributed by atoms with E-state index in [2.05, 4.69) is 17.5 Å². The summed E-state index contributed by atoms with van der Waals surface area (Å²) in [6.45, 7) is 7.23. The van der Waals surface area contributed by atoms with Gasteiger partial charge >= 0.3 is 12.2 Å². The normalized spacial score (nSPS) is 23.5. The Morgan fingerprint density at radius 1 is 1.22 bits per heavy atom. The van der Waals surface area contributed by atoms with E-state index in [-0.39, 0.29) is 55.7 Å². The number of carbonyl (C=O) groups excluding carboxylic acids is 1. The summed E-state index contributed by atoms with van der Waals surface area (Å²) in [4.78, 5) is 33.0. The number of amides is 1. The summed E-state index contributed by atoms with van der Waals surface area (Å²) in [6, 6.07) is 4.52. The number of hydrogen-bond acceptors (Lipinski definition) is 10. The second kappa shape index (κ2) is 14.5. The van der Waals surface area contributed by atoms with Crippen LogP contribution < -0.4 is 28.9 Å². The van der Waals surface area contributed by atoms with E-state index >= 15 is 4.39 Å². The van der Waals surface area contributed by atoms with Gasteiger partial charge in [0.1, 0.15) is 43.3 Å². The van der Waals surface area contributed by atoms with Crippen LogP contribution >= 0.6 is 0 Å². The van der Waals surface area contributed by atoms with Gasteiger partial charge < -0.3 is 33.8 Å². The second-order valence-electron chi connectivity index (χ2n) is 14.2. The molecule has 7 rings (SSSR count). The molecule has 2 saturated heterocycles. The highest BCUT2D eigenvalue weighted by Crippen LogP contribution is 2.42. The van der Waals surface area contributed by atoms with Crippen molar-refractivity contribution in [3.63, 3.8) is 0 Å². The van der Waals surface area contributed by atoms with Crippen molar-refractivity contribution in [2.24, 2.45) is 0 Å². The Kier molecular flexibility index (Phi) is 9.92. The Morgan fingerprint density at radius 3 is 2.76 bits per heavy atom. The summed E-state index contributed by atoms with van der Waals surface area (Å²) in [5, 5.41) is 0. The first-order chi connectivity index (χ1) is 25.8. The predicted molar refractivity (Wildman–Crippen MR) is 190 cm³/mol. The standard InChI is InChI=1S/C38H40F5N7O4/c1-5-27-28(40)10-11-30-33(27)49(14-15-52-30)26-16-29-34(53-21-26)35(47(4)20-25-8-7-13-48(25)32(51)6-2)46-36(45-29)54-22-37(3)17-23(39)19-50(37)24-9-12-31(44-18-24)38(41,42)43/h1,6,9-12,18,23,25-26H,2,7-8,13-17,19-22H2,3-4H3/t23-,25+,26-,37+/m1/s1. The molecule has 0 spiro atoms. The van der Waals surface area contributed by atoms with Gasteiger partial charge in [-0.3, -0.25) is 4.79 Å². The number of likely N-dealkylation sites (tertiary alicyclic amines) is 1. The molecule has 0 radical (unpaired) electrons. The first kappa shape index (κ1) is 37.0. The maximum atomic E-state index is 15.0. The number of halogens is 5. The van der Waals surface area contributed by atoms with Crippen LogP contribution in [-0.4, -0.2) is 103 Å². The minimum absolute atomic E-state index is 0.0166. The Labute approximate surface area is 309 Å². The molecular weight excluding hydrogens is 713 g/mol. The molecular formula is C38H40F5N7O4. The van der Waals surface area contributed by atoms with Crippen LogP contribution in [0.15, 0.2) is 43.1 Å². The monoisotopic (exact) mass is 753 g/mol. The number of pyridine rings is 1. The van der Waals surface area contributed by atoms with E-state index in [4.69, 9.17) is 30.6 Å². The number of likely N-dealkylation sites (N-methyl/N-ethyl adjacent to an activating group) is 1. The van der Waals surface area contributed by atoms with Gasteiger partial charge in [0.05, 0.1) is 53.5 Å². The minimum Gasteiger partial charge on any atom is -0.490 e. The van der Waals surface area contributed by atoms with Gasteiger partial charge in [0, 0.05) is 39.0 Å². The lowest BCUT2D eigenvalue weighted by molar-refractivity contribution is -0.141. The smallest absolute Gasteiger partial charge is 0.433 e. The third-order valence-corrected chi connectivity index (χ3v) is 10.5. The first-order valence-corrected chi connectivity index (χ1v) is 17.7. The zero-order valence-electron chi connectivity index (χ0n) is 29.9. The molecule has 4 aliphatic rings. The number of fused-ring (bicyclic) bond motifs is 2. The summed E-state index contributed by atoms with van der Waals surface area (Å²) in [7, 11) is 1.84. The second-order valence-corrected chi connectivity index (χ2v) is 14.2. The van der Waals surface area contributed by atoms with Gasteiger partial charge in [-0.15, -0.1) is 6.42 Å². The molecule has 4 atom stereocenters. The largest absolute Gasteiger partial charge is 0.490 e. The van der Waals surface area contributed by atoms with Crippen LogP contribution in [0.3, 0.4) is 0 Å². The topological polar surface area (TPSA) is 96.4 Å². The first-order valence-electron chi connectivity index (χ1n) is 17.7. The number of hydrogen-bond donors (Lipinski definition) is 0. The SMILES string of the molecule is C#Cc1c(F)ccc2c1N([C@H]1COc3c(nc(OC[C@]4(C)C[C@@H](F)CN4c4ccc(C(F)(F)F)nc4)nc3N(C)C[C@@H]3CCCN3C(=O)C=C)C1)CCO2. The van der Waals surface area contributed by atoms with E-state index in [1.807, 2.05) is 16.8 Å². The lowest BCUT2D eigenvalue weighted by Gasteiger charge is -2.40. The van der Waals surface area contributed by atoms with E-state index < -0.39 is 29.4 Å². The van der Waals surface area contributed by atoms with Gasteiger partial charge in [0.25, 0.3) is 0 Å².